The number of carbonyl (C=O) groups excluding carboxylic acids is 1. The Balaban J connectivity index is 1.86. The van der Waals surface area contributed by atoms with E-state index in [-0.39, 0.29) is 11.6 Å². The third kappa shape index (κ3) is 3.47. The minimum Gasteiger partial charge on any atom is -0.457 e. The Kier molecular flexibility index (Phi) is 5.06. The van der Waals surface area contributed by atoms with E-state index in [1.54, 1.807) is 43.3 Å². The van der Waals surface area contributed by atoms with Gasteiger partial charge in [-0.1, -0.05) is 30.1 Å². The van der Waals surface area contributed by atoms with Gasteiger partial charge in [0.1, 0.15) is 15.8 Å². The smallest absolute Gasteiger partial charge is 0.272 e. The van der Waals surface area contributed by atoms with Crippen molar-refractivity contribution in [1.29, 1.82) is 0 Å². The maximum absolute atomic E-state index is 12.3. The molecule has 1 fully saturated rings. The Morgan fingerprint density at radius 1 is 1.38 bits per heavy atom. The number of thiocarbonyl (C=S) groups is 1. The standard InChI is InChI=1S/C18H14N2O4S2/c1-3-8-19-17(21)16(26-18(19)25)10-13-5-7-15(24-13)12-4-6-14(20(22)23)11(2)9-12/h3-7,9-10H,1,8H2,2H3/b16-10+. The molecule has 1 aromatic carbocycles. The third-order valence-electron chi connectivity index (χ3n) is 3.76. The van der Waals surface area contributed by atoms with Crippen LogP contribution in [-0.2, 0) is 4.79 Å². The summed E-state index contributed by atoms with van der Waals surface area (Å²) in [6.07, 6.45) is 3.26. The first kappa shape index (κ1) is 18.1. The minimum absolute atomic E-state index is 0.0615. The molecule has 26 heavy (non-hydrogen) atoms. The Labute approximate surface area is 159 Å². The molecule has 0 saturated carbocycles. The van der Waals surface area contributed by atoms with Gasteiger partial charge in [-0.2, -0.15) is 0 Å². The second-order valence-electron chi connectivity index (χ2n) is 5.54. The van der Waals surface area contributed by atoms with Gasteiger partial charge in [-0.05, 0) is 31.2 Å². The topological polar surface area (TPSA) is 76.6 Å². The van der Waals surface area contributed by atoms with E-state index in [0.29, 0.717) is 32.9 Å². The van der Waals surface area contributed by atoms with Crippen LogP contribution in [0.25, 0.3) is 17.4 Å². The molecule has 2 aromatic rings. The van der Waals surface area contributed by atoms with Crippen molar-refractivity contribution in [3.63, 3.8) is 0 Å². The maximum atomic E-state index is 12.3. The molecule has 132 valence electrons. The molecule has 1 amide bonds. The summed E-state index contributed by atoms with van der Waals surface area (Å²) in [6, 6.07) is 8.29. The molecule has 1 aromatic heterocycles. The fourth-order valence-corrected chi connectivity index (χ4v) is 3.77. The van der Waals surface area contributed by atoms with Gasteiger partial charge in [0.15, 0.2) is 0 Å². The first-order chi connectivity index (χ1) is 12.4. The molecule has 8 heteroatoms. The molecule has 0 aliphatic carbocycles. The van der Waals surface area contributed by atoms with Crippen LogP contribution in [0.5, 0.6) is 0 Å². The third-order valence-corrected chi connectivity index (χ3v) is 5.14. The van der Waals surface area contributed by atoms with Gasteiger partial charge in [0, 0.05) is 29.8 Å². The number of hydrogen-bond acceptors (Lipinski definition) is 6. The number of furan rings is 1. The summed E-state index contributed by atoms with van der Waals surface area (Å²) in [5.74, 6) is 0.898. The minimum atomic E-state index is -0.419. The molecule has 3 rings (SSSR count). The summed E-state index contributed by atoms with van der Waals surface area (Å²) in [5, 5.41) is 10.9. The van der Waals surface area contributed by atoms with Crippen molar-refractivity contribution in [1.82, 2.24) is 4.90 Å². The largest absolute Gasteiger partial charge is 0.457 e. The molecule has 0 bridgehead atoms. The zero-order chi connectivity index (χ0) is 18.8. The molecule has 1 saturated heterocycles. The number of aryl methyl sites for hydroxylation is 1. The number of hydrogen-bond donors (Lipinski definition) is 0. The van der Waals surface area contributed by atoms with E-state index in [4.69, 9.17) is 16.6 Å². The van der Waals surface area contributed by atoms with Crippen molar-refractivity contribution in [3.8, 4) is 11.3 Å². The lowest BCUT2D eigenvalue weighted by Crippen LogP contribution is -2.27. The fraction of sp³-hybridized carbons (Fsp3) is 0.111. The zero-order valence-corrected chi connectivity index (χ0v) is 15.4. The number of rotatable bonds is 5. The van der Waals surface area contributed by atoms with Crippen LogP contribution >= 0.6 is 24.0 Å². The van der Waals surface area contributed by atoms with E-state index in [2.05, 4.69) is 6.58 Å². The van der Waals surface area contributed by atoms with Crippen LogP contribution in [0.1, 0.15) is 11.3 Å². The highest BCUT2D eigenvalue weighted by molar-refractivity contribution is 8.26. The van der Waals surface area contributed by atoms with Crippen LogP contribution in [0.2, 0.25) is 0 Å². The molecule has 1 aliphatic rings. The first-order valence-corrected chi connectivity index (χ1v) is 8.84. The number of thioether (sulfide) groups is 1. The van der Waals surface area contributed by atoms with E-state index < -0.39 is 4.92 Å². The van der Waals surface area contributed by atoms with Crippen molar-refractivity contribution in [3.05, 3.63) is 69.3 Å². The second kappa shape index (κ2) is 7.27. The summed E-state index contributed by atoms with van der Waals surface area (Å²) in [4.78, 5) is 24.8. The summed E-state index contributed by atoms with van der Waals surface area (Å²) < 4.78 is 6.26. The van der Waals surface area contributed by atoms with Crippen LogP contribution in [0.4, 0.5) is 5.69 Å². The van der Waals surface area contributed by atoms with E-state index in [0.717, 1.165) is 5.56 Å². The van der Waals surface area contributed by atoms with Crippen LogP contribution in [0, 0.1) is 17.0 Å². The average Bonchev–Trinajstić information content (AvgIpc) is 3.15. The van der Waals surface area contributed by atoms with Crippen molar-refractivity contribution in [2.75, 3.05) is 6.54 Å². The molecule has 1 aliphatic heterocycles. The van der Waals surface area contributed by atoms with Gasteiger partial charge < -0.3 is 4.42 Å². The number of nitro benzene ring substituents is 1. The average molecular weight is 386 g/mol. The van der Waals surface area contributed by atoms with Gasteiger partial charge in [-0.15, -0.1) is 6.58 Å². The summed E-state index contributed by atoms with van der Waals surface area (Å²) in [7, 11) is 0. The van der Waals surface area contributed by atoms with E-state index in [9.17, 15) is 14.9 Å². The van der Waals surface area contributed by atoms with Crippen molar-refractivity contribution in [2.24, 2.45) is 0 Å². The Morgan fingerprint density at radius 3 is 2.81 bits per heavy atom. The van der Waals surface area contributed by atoms with Crippen LogP contribution < -0.4 is 0 Å². The molecule has 0 N–H and O–H groups in total. The van der Waals surface area contributed by atoms with Crippen LogP contribution in [-0.4, -0.2) is 26.6 Å². The maximum Gasteiger partial charge on any atom is 0.272 e. The Morgan fingerprint density at radius 2 is 2.15 bits per heavy atom. The number of carbonyl (C=O) groups is 1. The molecule has 0 spiro atoms. The lowest BCUT2D eigenvalue weighted by molar-refractivity contribution is -0.385. The number of benzene rings is 1. The molecule has 0 radical (unpaired) electrons. The Hall–Kier alpha value is -2.71. The highest BCUT2D eigenvalue weighted by atomic mass is 32.2. The predicted molar refractivity (Wildman–Crippen MR) is 106 cm³/mol. The molecule has 0 unspecified atom stereocenters. The summed E-state index contributed by atoms with van der Waals surface area (Å²) in [6.45, 7) is 5.67. The number of amides is 1. The zero-order valence-electron chi connectivity index (χ0n) is 13.8. The normalized spacial score (nSPS) is 15.7. The first-order valence-electron chi connectivity index (χ1n) is 7.62. The SMILES string of the molecule is C=CCN1C(=O)/C(=C\c2ccc(-c3ccc([N+](=O)[O-])c(C)c3)o2)SC1=S. The van der Waals surface area contributed by atoms with Gasteiger partial charge in [0.25, 0.3) is 11.6 Å². The van der Waals surface area contributed by atoms with Gasteiger partial charge in [0.05, 0.1) is 9.83 Å². The van der Waals surface area contributed by atoms with E-state index in [1.807, 2.05) is 0 Å². The van der Waals surface area contributed by atoms with Crippen molar-refractivity contribution in [2.45, 2.75) is 6.92 Å². The Bertz CT molecular complexity index is 962. The van der Waals surface area contributed by atoms with Gasteiger partial charge in [-0.3, -0.25) is 19.8 Å². The van der Waals surface area contributed by atoms with Gasteiger partial charge >= 0.3 is 0 Å². The summed E-state index contributed by atoms with van der Waals surface area (Å²) in [5.41, 5.74) is 1.34. The monoisotopic (exact) mass is 386 g/mol. The van der Waals surface area contributed by atoms with Crippen molar-refractivity contribution >= 4 is 46.0 Å². The highest BCUT2D eigenvalue weighted by Gasteiger charge is 2.31. The molecular formula is C18H14N2O4S2. The fourth-order valence-electron chi connectivity index (χ4n) is 2.51. The lowest BCUT2D eigenvalue weighted by atomic mass is 10.1. The molecule has 0 atom stereocenters. The number of nitrogens with zero attached hydrogens (tertiary/aromatic N) is 2. The quantitative estimate of drug-likeness (QED) is 0.247. The van der Waals surface area contributed by atoms with Gasteiger partial charge in [-0.25, -0.2) is 0 Å². The van der Waals surface area contributed by atoms with E-state index in [1.165, 1.54) is 22.7 Å². The second-order valence-corrected chi connectivity index (χ2v) is 7.22. The highest BCUT2D eigenvalue weighted by Crippen LogP contribution is 2.34. The molecular weight excluding hydrogens is 372 g/mol. The van der Waals surface area contributed by atoms with E-state index >= 15 is 0 Å². The molecule has 2 heterocycles. The van der Waals surface area contributed by atoms with Crippen LogP contribution in [0.15, 0.2) is 52.3 Å². The lowest BCUT2D eigenvalue weighted by Gasteiger charge is -2.10. The summed E-state index contributed by atoms with van der Waals surface area (Å²) >= 11 is 6.41. The molecule has 6 nitrogen and oxygen atoms in total. The van der Waals surface area contributed by atoms with Gasteiger partial charge in [0.2, 0.25) is 0 Å². The predicted octanol–water partition coefficient (Wildman–Crippen LogP) is 4.55. The van der Waals surface area contributed by atoms with Crippen molar-refractivity contribution < 1.29 is 14.1 Å². The number of nitro groups is 1. The van der Waals surface area contributed by atoms with Crippen LogP contribution in [0.3, 0.4) is 0 Å².